The molecule has 0 unspecified atom stereocenters. The van der Waals surface area contributed by atoms with Crippen LogP contribution in [0.2, 0.25) is 0 Å². The molecule has 1 N–H and O–H groups in total. The van der Waals surface area contributed by atoms with Crippen molar-refractivity contribution in [2.24, 2.45) is 15.9 Å². The van der Waals surface area contributed by atoms with Crippen LogP contribution in [0.25, 0.3) is 0 Å². The van der Waals surface area contributed by atoms with Gasteiger partial charge in [-0.25, -0.2) is 5.43 Å². The van der Waals surface area contributed by atoms with Crippen LogP contribution in [0.1, 0.15) is 54.4 Å². The maximum atomic E-state index is 11.4. The van der Waals surface area contributed by atoms with Gasteiger partial charge in [0.1, 0.15) is 0 Å². The molecule has 3 nitrogen and oxygen atoms in total. The Labute approximate surface area is 93.3 Å². The summed E-state index contributed by atoms with van der Waals surface area (Å²) in [6.07, 6.45) is 3.13. The number of hydrazone groups is 1. The van der Waals surface area contributed by atoms with Crippen molar-refractivity contribution in [2.75, 3.05) is 0 Å². The molecule has 0 rings (SSSR count). The van der Waals surface area contributed by atoms with Crippen LogP contribution < -0.4 is 5.43 Å². The van der Waals surface area contributed by atoms with Crippen molar-refractivity contribution < 1.29 is 4.79 Å². The second kappa shape index (κ2) is 5.29. The average molecular weight is 212 g/mol. The topological polar surface area (TPSA) is 41.5 Å². The monoisotopic (exact) mass is 212 g/mol. The Morgan fingerprint density at radius 3 is 2.07 bits per heavy atom. The van der Waals surface area contributed by atoms with E-state index in [2.05, 4.69) is 31.3 Å². The predicted molar refractivity (Wildman–Crippen MR) is 64.8 cm³/mol. The van der Waals surface area contributed by atoms with Gasteiger partial charge in [-0.2, -0.15) is 5.10 Å². The minimum Gasteiger partial charge on any atom is -0.273 e. The number of rotatable bonds is 3. The van der Waals surface area contributed by atoms with Crippen molar-refractivity contribution in [1.29, 1.82) is 0 Å². The van der Waals surface area contributed by atoms with Crippen LogP contribution in [0, 0.1) is 10.8 Å². The Kier molecular flexibility index (Phi) is 4.98. The van der Waals surface area contributed by atoms with Crippen LogP contribution in [0.3, 0.4) is 0 Å². The first-order valence-corrected chi connectivity index (χ1v) is 5.40. The first-order valence-electron chi connectivity index (χ1n) is 5.40. The number of hydrogen-bond acceptors (Lipinski definition) is 2. The van der Waals surface area contributed by atoms with Gasteiger partial charge in [0.05, 0.1) is 0 Å². The fourth-order valence-electron chi connectivity index (χ4n) is 0.958. The van der Waals surface area contributed by atoms with Gasteiger partial charge in [0.2, 0.25) is 5.91 Å². The van der Waals surface area contributed by atoms with Crippen LogP contribution >= 0.6 is 0 Å². The molecule has 88 valence electrons. The quantitative estimate of drug-likeness (QED) is 0.567. The SMILES string of the molecule is CC(C)(C)C/C=N/NC(=O)CC(C)(C)C. The molecule has 0 spiro atoms. The average Bonchev–Trinajstić information content (AvgIpc) is 1.92. The summed E-state index contributed by atoms with van der Waals surface area (Å²) in [5.74, 6) is -0.0207. The zero-order valence-corrected chi connectivity index (χ0v) is 10.8. The molecule has 0 radical (unpaired) electrons. The molecule has 0 aromatic heterocycles. The lowest BCUT2D eigenvalue weighted by molar-refractivity contribution is -0.122. The third-order valence-electron chi connectivity index (χ3n) is 1.68. The third kappa shape index (κ3) is 11.1. The summed E-state index contributed by atoms with van der Waals surface area (Å²) in [6, 6.07) is 0. The van der Waals surface area contributed by atoms with Gasteiger partial charge in [0.25, 0.3) is 0 Å². The Hall–Kier alpha value is -0.860. The summed E-state index contributed by atoms with van der Waals surface area (Å²) in [5, 5.41) is 3.92. The molecule has 0 aliphatic rings. The van der Waals surface area contributed by atoms with Gasteiger partial charge >= 0.3 is 0 Å². The Morgan fingerprint density at radius 1 is 1.13 bits per heavy atom. The molecule has 0 aliphatic carbocycles. The fourth-order valence-corrected chi connectivity index (χ4v) is 0.958. The van der Waals surface area contributed by atoms with E-state index in [0.717, 1.165) is 6.42 Å². The first-order chi connectivity index (χ1) is 6.60. The van der Waals surface area contributed by atoms with E-state index in [1.54, 1.807) is 6.21 Å². The summed E-state index contributed by atoms with van der Waals surface area (Å²) in [7, 11) is 0. The van der Waals surface area contributed by atoms with Gasteiger partial charge in [-0.1, -0.05) is 41.5 Å². The number of carbonyl (C=O) groups excluding carboxylic acids is 1. The second-order valence-electron chi connectivity index (χ2n) is 6.35. The largest absolute Gasteiger partial charge is 0.273 e. The Bertz CT molecular complexity index is 231. The van der Waals surface area contributed by atoms with Crippen LogP contribution in [-0.2, 0) is 4.79 Å². The molecule has 15 heavy (non-hydrogen) atoms. The van der Waals surface area contributed by atoms with E-state index < -0.39 is 0 Å². The highest BCUT2D eigenvalue weighted by Gasteiger charge is 2.15. The van der Waals surface area contributed by atoms with E-state index >= 15 is 0 Å². The minimum absolute atomic E-state index is 0.0175. The van der Waals surface area contributed by atoms with Crippen molar-refractivity contribution in [3.8, 4) is 0 Å². The standard InChI is InChI=1S/C12H24N2O/c1-11(2,3)7-8-13-14-10(15)9-12(4,5)6/h8H,7,9H2,1-6H3,(H,14,15)/b13-8+. The van der Waals surface area contributed by atoms with Gasteiger partial charge in [-0.05, 0) is 17.3 Å². The minimum atomic E-state index is -0.0207. The van der Waals surface area contributed by atoms with Crippen molar-refractivity contribution in [2.45, 2.75) is 54.4 Å². The second-order valence-corrected chi connectivity index (χ2v) is 6.35. The molecule has 0 aliphatic heterocycles. The Balaban J connectivity index is 3.82. The number of hydrogen-bond donors (Lipinski definition) is 1. The molecule has 0 bridgehead atoms. The van der Waals surface area contributed by atoms with Crippen LogP contribution in [-0.4, -0.2) is 12.1 Å². The van der Waals surface area contributed by atoms with Gasteiger partial charge in [-0.15, -0.1) is 0 Å². The van der Waals surface area contributed by atoms with E-state index in [9.17, 15) is 4.79 Å². The summed E-state index contributed by atoms with van der Waals surface area (Å²) in [4.78, 5) is 11.4. The molecule has 0 aromatic carbocycles. The highest BCUT2D eigenvalue weighted by atomic mass is 16.2. The summed E-state index contributed by atoms with van der Waals surface area (Å²) in [6.45, 7) is 12.5. The smallest absolute Gasteiger partial charge is 0.240 e. The zero-order chi connectivity index (χ0) is 12.1. The van der Waals surface area contributed by atoms with Crippen molar-refractivity contribution in [1.82, 2.24) is 5.43 Å². The molecular formula is C12H24N2O. The van der Waals surface area contributed by atoms with E-state index in [4.69, 9.17) is 0 Å². The summed E-state index contributed by atoms with van der Waals surface area (Å²) >= 11 is 0. The molecule has 3 heteroatoms. The van der Waals surface area contributed by atoms with Gasteiger partial charge in [0, 0.05) is 12.6 Å². The molecule has 1 amide bonds. The van der Waals surface area contributed by atoms with Gasteiger partial charge in [-0.3, -0.25) is 4.79 Å². The molecule has 0 saturated heterocycles. The number of nitrogens with one attached hydrogen (secondary N) is 1. The van der Waals surface area contributed by atoms with E-state index in [1.165, 1.54) is 0 Å². The highest BCUT2D eigenvalue weighted by molar-refractivity contribution is 5.77. The molecule has 0 atom stereocenters. The number of amides is 1. The van der Waals surface area contributed by atoms with Gasteiger partial charge < -0.3 is 0 Å². The summed E-state index contributed by atoms with van der Waals surface area (Å²) < 4.78 is 0. The molecule has 0 fully saturated rings. The third-order valence-corrected chi connectivity index (χ3v) is 1.68. The van der Waals surface area contributed by atoms with E-state index in [0.29, 0.717) is 6.42 Å². The number of nitrogens with zero attached hydrogens (tertiary/aromatic N) is 1. The Morgan fingerprint density at radius 2 is 1.67 bits per heavy atom. The molecular weight excluding hydrogens is 188 g/mol. The lowest BCUT2D eigenvalue weighted by Gasteiger charge is -2.16. The predicted octanol–water partition coefficient (Wildman–Crippen LogP) is 2.96. The fraction of sp³-hybridized carbons (Fsp3) is 0.833. The van der Waals surface area contributed by atoms with Crippen molar-refractivity contribution in [3.63, 3.8) is 0 Å². The normalized spacial score (nSPS) is 13.2. The van der Waals surface area contributed by atoms with Crippen LogP contribution in [0.15, 0.2) is 5.10 Å². The lowest BCUT2D eigenvalue weighted by Crippen LogP contribution is -2.23. The maximum absolute atomic E-state index is 11.4. The van der Waals surface area contributed by atoms with E-state index in [1.807, 2.05) is 20.8 Å². The number of carbonyl (C=O) groups is 1. The zero-order valence-electron chi connectivity index (χ0n) is 10.8. The summed E-state index contributed by atoms with van der Waals surface area (Å²) in [5.41, 5.74) is 2.78. The van der Waals surface area contributed by atoms with Crippen LogP contribution in [0.5, 0.6) is 0 Å². The van der Waals surface area contributed by atoms with E-state index in [-0.39, 0.29) is 16.7 Å². The molecule has 0 saturated carbocycles. The van der Waals surface area contributed by atoms with Gasteiger partial charge in [0.15, 0.2) is 0 Å². The van der Waals surface area contributed by atoms with Crippen molar-refractivity contribution in [3.05, 3.63) is 0 Å². The molecule has 0 heterocycles. The van der Waals surface area contributed by atoms with Crippen LogP contribution in [0.4, 0.5) is 0 Å². The first kappa shape index (κ1) is 14.1. The maximum Gasteiger partial charge on any atom is 0.240 e. The van der Waals surface area contributed by atoms with Crippen molar-refractivity contribution >= 4 is 12.1 Å². The lowest BCUT2D eigenvalue weighted by atomic mass is 9.92. The highest BCUT2D eigenvalue weighted by Crippen LogP contribution is 2.18. The molecule has 0 aromatic rings.